The quantitative estimate of drug-likeness (QED) is 0.733. The van der Waals surface area contributed by atoms with Crippen LogP contribution in [0.1, 0.15) is 11.7 Å². The molecule has 0 radical (unpaired) electrons. The minimum atomic E-state index is -0.843. The van der Waals surface area contributed by atoms with E-state index in [-0.39, 0.29) is 6.54 Å². The summed E-state index contributed by atoms with van der Waals surface area (Å²) >= 11 is 0. The average molecular weight is 185 g/mol. The van der Waals surface area contributed by atoms with Crippen molar-refractivity contribution in [1.82, 2.24) is 0 Å². The fraction of sp³-hybridized carbons (Fsp3) is 0.333. The first-order valence-electron chi connectivity index (χ1n) is 3.90. The topological polar surface area (TPSA) is 55.5 Å². The summed E-state index contributed by atoms with van der Waals surface area (Å²) < 4.78 is 17.7. The number of hydrogen-bond donors (Lipinski definition) is 2. The molecule has 1 rings (SSSR count). The number of halogens is 1. The summed E-state index contributed by atoms with van der Waals surface area (Å²) in [6.45, 7) is 0.0621. The second kappa shape index (κ2) is 4.20. The van der Waals surface area contributed by atoms with Crippen LogP contribution in [0.15, 0.2) is 18.2 Å². The van der Waals surface area contributed by atoms with Crippen LogP contribution in [0.25, 0.3) is 0 Å². The average Bonchev–Trinajstić information content (AvgIpc) is 2.15. The molecule has 0 saturated carbocycles. The number of methoxy groups -OCH3 is 1. The Balaban J connectivity index is 3.01. The molecule has 0 aliphatic rings. The third-order valence-corrected chi connectivity index (χ3v) is 1.74. The highest BCUT2D eigenvalue weighted by Crippen LogP contribution is 2.20. The largest absolute Gasteiger partial charge is 0.497 e. The van der Waals surface area contributed by atoms with Crippen molar-refractivity contribution in [3.8, 4) is 5.75 Å². The van der Waals surface area contributed by atoms with Gasteiger partial charge in [0.1, 0.15) is 11.6 Å². The van der Waals surface area contributed by atoms with E-state index in [4.69, 9.17) is 10.5 Å². The molecular formula is C9H12FNO2. The second-order valence-electron chi connectivity index (χ2n) is 2.68. The summed E-state index contributed by atoms with van der Waals surface area (Å²) in [7, 11) is 1.44. The van der Waals surface area contributed by atoms with Crippen molar-refractivity contribution in [2.24, 2.45) is 5.73 Å². The fourth-order valence-corrected chi connectivity index (χ4v) is 1.03. The molecule has 1 unspecified atom stereocenters. The van der Waals surface area contributed by atoms with Crippen molar-refractivity contribution in [1.29, 1.82) is 0 Å². The molecular weight excluding hydrogens is 173 g/mol. The maximum absolute atomic E-state index is 12.9. The third-order valence-electron chi connectivity index (χ3n) is 1.74. The molecule has 1 atom stereocenters. The monoisotopic (exact) mass is 185 g/mol. The number of aliphatic hydroxyl groups is 1. The van der Waals surface area contributed by atoms with Crippen LogP contribution >= 0.6 is 0 Å². The van der Waals surface area contributed by atoms with Crippen LogP contribution in [-0.2, 0) is 0 Å². The van der Waals surface area contributed by atoms with Crippen LogP contribution in [0.2, 0.25) is 0 Å². The van der Waals surface area contributed by atoms with Crippen molar-refractivity contribution in [3.05, 3.63) is 29.6 Å². The summed E-state index contributed by atoms with van der Waals surface area (Å²) in [6, 6.07) is 4.04. The van der Waals surface area contributed by atoms with E-state index < -0.39 is 11.9 Å². The SMILES string of the molecule is COc1cc(F)cc(C(O)CN)c1. The number of hydrogen-bond acceptors (Lipinski definition) is 3. The number of rotatable bonds is 3. The lowest BCUT2D eigenvalue weighted by molar-refractivity contribution is 0.186. The number of nitrogens with two attached hydrogens (primary N) is 1. The summed E-state index contributed by atoms with van der Waals surface area (Å²) in [6.07, 6.45) is -0.843. The molecule has 1 aromatic rings. The summed E-state index contributed by atoms with van der Waals surface area (Å²) in [4.78, 5) is 0. The molecule has 13 heavy (non-hydrogen) atoms. The molecule has 4 heteroatoms. The summed E-state index contributed by atoms with van der Waals surface area (Å²) in [5.74, 6) is -0.0654. The molecule has 0 saturated heterocycles. The van der Waals surface area contributed by atoms with Crippen molar-refractivity contribution < 1.29 is 14.2 Å². The van der Waals surface area contributed by atoms with Crippen molar-refractivity contribution >= 4 is 0 Å². The minimum Gasteiger partial charge on any atom is -0.497 e. The van der Waals surface area contributed by atoms with Gasteiger partial charge in [-0.15, -0.1) is 0 Å². The molecule has 3 N–H and O–H groups in total. The zero-order valence-corrected chi connectivity index (χ0v) is 7.33. The van der Waals surface area contributed by atoms with Gasteiger partial charge in [-0.2, -0.15) is 0 Å². The molecule has 0 spiro atoms. The number of ether oxygens (including phenoxy) is 1. The number of benzene rings is 1. The van der Waals surface area contributed by atoms with E-state index in [1.807, 2.05) is 0 Å². The maximum atomic E-state index is 12.9. The van der Waals surface area contributed by atoms with E-state index in [0.29, 0.717) is 11.3 Å². The molecule has 0 amide bonds. The second-order valence-corrected chi connectivity index (χ2v) is 2.68. The van der Waals surface area contributed by atoms with Crippen molar-refractivity contribution in [2.75, 3.05) is 13.7 Å². The molecule has 0 bridgehead atoms. The van der Waals surface area contributed by atoms with Gasteiger partial charge in [0.05, 0.1) is 13.2 Å². The van der Waals surface area contributed by atoms with Crippen LogP contribution in [-0.4, -0.2) is 18.8 Å². The van der Waals surface area contributed by atoms with Crippen molar-refractivity contribution in [2.45, 2.75) is 6.10 Å². The van der Waals surface area contributed by atoms with Crippen LogP contribution in [0.4, 0.5) is 4.39 Å². The Morgan fingerprint density at radius 2 is 2.23 bits per heavy atom. The smallest absolute Gasteiger partial charge is 0.127 e. The summed E-state index contributed by atoms with van der Waals surface area (Å²) in [5, 5.41) is 9.33. The Morgan fingerprint density at radius 3 is 2.77 bits per heavy atom. The van der Waals surface area contributed by atoms with E-state index in [2.05, 4.69) is 0 Å². The normalized spacial score (nSPS) is 12.6. The number of aliphatic hydroxyl groups excluding tert-OH is 1. The van der Waals surface area contributed by atoms with Crippen LogP contribution in [0, 0.1) is 5.82 Å². The van der Waals surface area contributed by atoms with Gasteiger partial charge in [-0.3, -0.25) is 0 Å². The van der Waals surface area contributed by atoms with Gasteiger partial charge in [0, 0.05) is 12.6 Å². The lowest BCUT2D eigenvalue weighted by Crippen LogP contribution is -2.11. The molecule has 0 heterocycles. The molecule has 0 fully saturated rings. The molecule has 0 aliphatic heterocycles. The first-order chi connectivity index (χ1) is 6.17. The van der Waals surface area contributed by atoms with Gasteiger partial charge in [-0.05, 0) is 17.7 Å². The standard InChI is InChI=1S/C9H12FNO2/c1-13-8-3-6(9(12)5-11)2-7(10)4-8/h2-4,9,12H,5,11H2,1H3. The van der Waals surface area contributed by atoms with Gasteiger partial charge in [0.2, 0.25) is 0 Å². The highest BCUT2D eigenvalue weighted by Gasteiger charge is 2.08. The fourth-order valence-electron chi connectivity index (χ4n) is 1.03. The van der Waals surface area contributed by atoms with Gasteiger partial charge >= 0.3 is 0 Å². The van der Waals surface area contributed by atoms with Gasteiger partial charge in [-0.1, -0.05) is 0 Å². The molecule has 1 aromatic carbocycles. The van der Waals surface area contributed by atoms with Crippen molar-refractivity contribution in [3.63, 3.8) is 0 Å². The highest BCUT2D eigenvalue weighted by atomic mass is 19.1. The zero-order chi connectivity index (χ0) is 9.84. The lowest BCUT2D eigenvalue weighted by Gasteiger charge is -2.09. The zero-order valence-electron chi connectivity index (χ0n) is 7.33. The van der Waals surface area contributed by atoms with E-state index in [1.165, 1.54) is 19.2 Å². The maximum Gasteiger partial charge on any atom is 0.127 e. The highest BCUT2D eigenvalue weighted by molar-refractivity contribution is 5.30. The Labute approximate surface area is 75.9 Å². The molecule has 3 nitrogen and oxygen atoms in total. The minimum absolute atomic E-state index is 0.0621. The molecule has 72 valence electrons. The van der Waals surface area contributed by atoms with Gasteiger partial charge in [-0.25, -0.2) is 4.39 Å². The van der Waals surface area contributed by atoms with E-state index in [0.717, 1.165) is 0 Å². The van der Waals surface area contributed by atoms with E-state index in [9.17, 15) is 9.50 Å². The first kappa shape index (κ1) is 9.95. The van der Waals surface area contributed by atoms with E-state index in [1.54, 1.807) is 6.07 Å². The predicted molar refractivity (Wildman–Crippen MR) is 47.0 cm³/mol. The van der Waals surface area contributed by atoms with Gasteiger partial charge < -0.3 is 15.6 Å². The first-order valence-corrected chi connectivity index (χ1v) is 3.90. The van der Waals surface area contributed by atoms with Gasteiger partial charge in [0.15, 0.2) is 0 Å². The van der Waals surface area contributed by atoms with Gasteiger partial charge in [0.25, 0.3) is 0 Å². The van der Waals surface area contributed by atoms with Crippen LogP contribution in [0.5, 0.6) is 5.75 Å². The summed E-state index contributed by atoms with van der Waals surface area (Å²) in [5.41, 5.74) is 5.66. The van der Waals surface area contributed by atoms with Crippen LogP contribution in [0.3, 0.4) is 0 Å². The van der Waals surface area contributed by atoms with E-state index >= 15 is 0 Å². The Morgan fingerprint density at radius 1 is 1.54 bits per heavy atom. The predicted octanol–water partition coefficient (Wildman–Crippen LogP) is 0.826. The lowest BCUT2D eigenvalue weighted by atomic mass is 10.1. The van der Waals surface area contributed by atoms with Crippen LogP contribution < -0.4 is 10.5 Å². The molecule has 0 aromatic heterocycles. The Kier molecular flexibility index (Phi) is 3.22. The third kappa shape index (κ3) is 2.40. The Hall–Kier alpha value is -1.13. The Bertz CT molecular complexity index is 291. The molecule has 0 aliphatic carbocycles.